The van der Waals surface area contributed by atoms with Crippen LogP contribution in [0.25, 0.3) is 0 Å². The summed E-state index contributed by atoms with van der Waals surface area (Å²) < 4.78 is 15.7. The maximum atomic E-state index is 8.90. The van der Waals surface area contributed by atoms with Crippen molar-refractivity contribution < 1.29 is 19.3 Å². The van der Waals surface area contributed by atoms with E-state index < -0.39 is 0 Å². The van der Waals surface area contributed by atoms with Crippen molar-refractivity contribution in [2.24, 2.45) is 0 Å². The number of aromatic nitrogens is 1. The number of methoxy groups -OCH3 is 1. The van der Waals surface area contributed by atoms with Crippen molar-refractivity contribution in [3.8, 4) is 5.75 Å². The Morgan fingerprint density at radius 3 is 2.88 bits per heavy atom. The summed E-state index contributed by atoms with van der Waals surface area (Å²) in [5, 5.41) is 8.90. The van der Waals surface area contributed by atoms with E-state index in [1.54, 1.807) is 25.4 Å². The molecule has 0 aliphatic rings. The van der Waals surface area contributed by atoms with Gasteiger partial charge in [-0.25, -0.2) is 0 Å². The smallest absolute Gasteiger partial charge is 0.122 e. The minimum Gasteiger partial charge on any atom is -0.491 e. The van der Waals surface area contributed by atoms with Crippen molar-refractivity contribution in [1.29, 1.82) is 0 Å². The van der Waals surface area contributed by atoms with E-state index in [2.05, 4.69) is 4.98 Å². The molecule has 0 aliphatic carbocycles. The summed E-state index contributed by atoms with van der Waals surface area (Å²) in [6.45, 7) is 2.34. The quantitative estimate of drug-likeness (QED) is 0.654. The molecule has 17 heavy (non-hydrogen) atoms. The lowest BCUT2D eigenvalue weighted by molar-refractivity contribution is 0.0806. The van der Waals surface area contributed by atoms with Gasteiger partial charge in [0.25, 0.3) is 0 Å². The Bertz CT molecular complexity index is 306. The molecule has 0 aliphatic heterocycles. The summed E-state index contributed by atoms with van der Waals surface area (Å²) in [5.41, 5.74) is 0.600. The van der Waals surface area contributed by atoms with Crippen LogP contribution in [0.2, 0.25) is 0 Å². The predicted octanol–water partition coefficient (Wildman–Crippen LogP) is 1.01. The average molecular weight is 241 g/mol. The van der Waals surface area contributed by atoms with Crippen LogP contribution in [0.1, 0.15) is 12.1 Å². The molecule has 0 unspecified atom stereocenters. The normalized spacial score (nSPS) is 10.5. The van der Waals surface area contributed by atoms with E-state index in [4.69, 9.17) is 19.3 Å². The SMILES string of the molecule is COCCCOCCOc1ccnc(CO)c1. The van der Waals surface area contributed by atoms with E-state index in [0.29, 0.717) is 37.9 Å². The summed E-state index contributed by atoms with van der Waals surface area (Å²) in [6.07, 6.45) is 2.50. The summed E-state index contributed by atoms with van der Waals surface area (Å²) in [6, 6.07) is 3.47. The molecule has 1 heterocycles. The van der Waals surface area contributed by atoms with Gasteiger partial charge in [-0.3, -0.25) is 4.98 Å². The first-order valence-electron chi connectivity index (χ1n) is 5.62. The highest BCUT2D eigenvalue weighted by atomic mass is 16.5. The molecule has 5 nitrogen and oxygen atoms in total. The molecule has 1 N–H and O–H groups in total. The van der Waals surface area contributed by atoms with Crippen molar-refractivity contribution in [2.75, 3.05) is 33.5 Å². The van der Waals surface area contributed by atoms with Gasteiger partial charge in [-0.15, -0.1) is 0 Å². The molecule has 0 bridgehead atoms. The Balaban J connectivity index is 2.09. The van der Waals surface area contributed by atoms with Gasteiger partial charge < -0.3 is 19.3 Å². The minimum absolute atomic E-state index is 0.0787. The molecule has 1 aromatic rings. The third kappa shape index (κ3) is 6.21. The molecule has 1 aromatic heterocycles. The number of pyridine rings is 1. The number of aliphatic hydroxyl groups is 1. The van der Waals surface area contributed by atoms with Crippen LogP contribution in [0.3, 0.4) is 0 Å². The van der Waals surface area contributed by atoms with Crippen LogP contribution in [0.4, 0.5) is 0 Å². The topological polar surface area (TPSA) is 60.8 Å². The lowest BCUT2D eigenvalue weighted by Gasteiger charge is -2.07. The first-order chi connectivity index (χ1) is 8.36. The van der Waals surface area contributed by atoms with Crippen molar-refractivity contribution in [1.82, 2.24) is 4.98 Å². The number of ether oxygens (including phenoxy) is 3. The first kappa shape index (κ1) is 13.9. The third-order valence-corrected chi connectivity index (χ3v) is 2.08. The summed E-state index contributed by atoms with van der Waals surface area (Å²) >= 11 is 0. The molecule has 0 atom stereocenters. The van der Waals surface area contributed by atoms with E-state index in [-0.39, 0.29) is 6.61 Å². The Morgan fingerprint density at radius 1 is 1.24 bits per heavy atom. The Hall–Kier alpha value is -1.17. The minimum atomic E-state index is -0.0787. The monoisotopic (exact) mass is 241 g/mol. The van der Waals surface area contributed by atoms with Gasteiger partial charge in [-0.1, -0.05) is 0 Å². The van der Waals surface area contributed by atoms with E-state index in [1.165, 1.54) is 0 Å². The molecule has 1 rings (SSSR count). The maximum Gasteiger partial charge on any atom is 0.122 e. The number of rotatable bonds is 9. The zero-order chi connectivity index (χ0) is 12.3. The molecule has 0 spiro atoms. The van der Waals surface area contributed by atoms with Crippen LogP contribution in [-0.4, -0.2) is 43.6 Å². The van der Waals surface area contributed by atoms with Crippen molar-refractivity contribution in [3.05, 3.63) is 24.0 Å². The number of nitrogens with zero attached hydrogens (tertiary/aromatic N) is 1. The predicted molar refractivity (Wildman–Crippen MR) is 63.0 cm³/mol. The second-order valence-electron chi connectivity index (χ2n) is 3.45. The fraction of sp³-hybridized carbons (Fsp3) is 0.583. The molecular weight excluding hydrogens is 222 g/mol. The van der Waals surface area contributed by atoms with Crippen LogP contribution >= 0.6 is 0 Å². The highest BCUT2D eigenvalue weighted by Crippen LogP contribution is 2.10. The van der Waals surface area contributed by atoms with Gasteiger partial charge in [0.05, 0.1) is 18.9 Å². The van der Waals surface area contributed by atoms with E-state index in [1.807, 2.05) is 0 Å². The van der Waals surface area contributed by atoms with E-state index in [0.717, 1.165) is 6.42 Å². The summed E-state index contributed by atoms with van der Waals surface area (Å²) in [4.78, 5) is 3.96. The van der Waals surface area contributed by atoms with Gasteiger partial charge in [-0.05, 0) is 12.5 Å². The fourth-order valence-corrected chi connectivity index (χ4v) is 1.26. The maximum absolute atomic E-state index is 8.90. The van der Waals surface area contributed by atoms with Crippen LogP contribution in [0.5, 0.6) is 5.75 Å². The second-order valence-corrected chi connectivity index (χ2v) is 3.45. The zero-order valence-electron chi connectivity index (χ0n) is 10.1. The number of aliphatic hydroxyl groups excluding tert-OH is 1. The Morgan fingerprint density at radius 2 is 2.12 bits per heavy atom. The Labute approximate surface area is 101 Å². The summed E-state index contributed by atoms with van der Waals surface area (Å²) in [7, 11) is 1.67. The highest BCUT2D eigenvalue weighted by Gasteiger charge is 1.97. The van der Waals surface area contributed by atoms with Crippen LogP contribution in [0.15, 0.2) is 18.3 Å². The molecule has 0 radical (unpaired) electrons. The molecule has 0 saturated carbocycles. The van der Waals surface area contributed by atoms with Gasteiger partial charge in [-0.2, -0.15) is 0 Å². The molecular formula is C12H19NO4. The van der Waals surface area contributed by atoms with Gasteiger partial charge in [0.15, 0.2) is 0 Å². The van der Waals surface area contributed by atoms with Gasteiger partial charge >= 0.3 is 0 Å². The first-order valence-corrected chi connectivity index (χ1v) is 5.62. The Kier molecular flexibility index (Phi) is 7.29. The zero-order valence-corrected chi connectivity index (χ0v) is 10.1. The van der Waals surface area contributed by atoms with Gasteiger partial charge in [0.1, 0.15) is 12.4 Å². The van der Waals surface area contributed by atoms with Crippen molar-refractivity contribution in [3.63, 3.8) is 0 Å². The standard InChI is InChI=1S/C12H19NO4/c1-15-5-2-6-16-7-8-17-12-3-4-13-11(9-12)10-14/h3-4,9,14H,2,5-8,10H2,1H3. The molecule has 0 amide bonds. The van der Waals surface area contributed by atoms with Crippen LogP contribution < -0.4 is 4.74 Å². The number of hydrogen-bond acceptors (Lipinski definition) is 5. The lowest BCUT2D eigenvalue weighted by atomic mass is 10.3. The van der Waals surface area contributed by atoms with Crippen molar-refractivity contribution in [2.45, 2.75) is 13.0 Å². The average Bonchev–Trinajstić information content (AvgIpc) is 2.38. The van der Waals surface area contributed by atoms with Gasteiger partial charge in [0.2, 0.25) is 0 Å². The number of hydrogen-bond donors (Lipinski definition) is 1. The molecule has 96 valence electrons. The van der Waals surface area contributed by atoms with Gasteiger partial charge in [0, 0.05) is 32.6 Å². The van der Waals surface area contributed by atoms with Crippen LogP contribution in [0, 0.1) is 0 Å². The van der Waals surface area contributed by atoms with Crippen molar-refractivity contribution >= 4 is 0 Å². The highest BCUT2D eigenvalue weighted by molar-refractivity contribution is 5.22. The van der Waals surface area contributed by atoms with E-state index in [9.17, 15) is 0 Å². The molecule has 5 heteroatoms. The van der Waals surface area contributed by atoms with E-state index >= 15 is 0 Å². The third-order valence-electron chi connectivity index (χ3n) is 2.08. The van der Waals surface area contributed by atoms with Crippen LogP contribution in [-0.2, 0) is 16.1 Å². The second kappa shape index (κ2) is 8.92. The molecule has 0 saturated heterocycles. The molecule has 0 fully saturated rings. The molecule has 0 aromatic carbocycles. The fourth-order valence-electron chi connectivity index (χ4n) is 1.26. The lowest BCUT2D eigenvalue weighted by Crippen LogP contribution is -2.08. The largest absolute Gasteiger partial charge is 0.491 e. The summed E-state index contributed by atoms with van der Waals surface area (Å²) in [5.74, 6) is 0.699.